The normalized spacial score (nSPS) is 14.2. The van der Waals surface area contributed by atoms with E-state index in [1.807, 2.05) is 0 Å². The molecule has 0 aliphatic rings. The molecule has 1 aromatic heterocycles. The number of H-pyrrole nitrogens is 1. The SMILES string of the molecule is CC(C)C(NC(=O)C(N)CCC(N)=O)C(=O)NC(Cc1cnc[nH]1)C(=O)NC(CCC(N)=O)C(=O)O. The van der Waals surface area contributed by atoms with Gasteiger partial charge in [-0.15, -0.1) is 0 Å². The Kier molecular flexibility index (Phi) is 12.0. The van der Waals surface area contributed by atoms with Crippen molar-refractivity contribution in [3.05, 3.63) is 18.2 Å². The molecule has 11 N–H and O–H groups in total. The summed E-state index contributed by atoms with van der Waals surface area (Å²) in [7, 11) is 0. The number of aromatic amines is 1. The molecule has 1 rings (SSSR count). The van der Waals surface area contributed by atoms with E-state index < -0.39 is 65.6 Å². The van der Waals surface area contributed by atoms with Gasteiger partial charge in [-0.1, -0.05) is 13.8 Å². The van der Waals surface area contributed by atoms with E-state index in [0.717, 1.165) is 0 Å². The van der Waals surface area contributed by atoms with E-state index in [0.29, 0.717) is 5.69 Å². The van der Waals surface area contributed by atoms with Crippen molar-refractivity contribution in [1.82, 2.24) is 25.9 Å². The van der Waals surface area contributed by atoms with Gasteiger partial charge in [-0.3, -0.25) is 24.0 Å². The summed E-state index contributed by atoms with van der Waals surface area (Å²) in [6.07, 6.45) is 2.08. The van der Waals surface area contributed by atoms with E-state index in [9.17, 15) is 33.9 Å². The first kappa shape index (κ1) is 30.0. The van der Waals surface area contributed by atoms with E-state index in [2.05, 4.69) is 25.9 Å². The van der Waals surface area contributed by atoms with Crippen LogP contribution in [0, 0.1) is 5.92 Å². The zero-order valence-electron chi connectivity index (χ0n) is 20.2. The van der Waals surface area contributed by atoms with Crippen LogP contribution in [0.1, 0.15) is 45.2 Å². The van der Waals surface area contributed by atoms with Crippen LogP contribution in [0.3, 0.4) is 0 Å². The third-order valence-electron chi connectivity index (χ3n) is 5.19. The van der Waals surface area contributed by atoms with E-state index in [1.54, 1.807) is 13.8 Å². The number of nitrogens with one attached hydrogen (secondary N) is 4. The number of hydrogen-bond donors (Lipinski definition) is 8. The summed E-state index contributed by atoms with van der Waals surface area (Å²) in [6.45, 7) is 3.32. The Morgan fingerprint density at radius 3 is 2.00 bits per heavy atom. The number of aliphatic carboxylic acids is 1. The minimum Gasteiger partial charge on any atom is -0.480 e. The first-order chi connectivity index (χ1) is 16.8. The molecule has 0 saturated heterocycles. The third kappa shape index (κ3) is 10.5. The summed E-state index contributed by atoms with van der Waals surface area (Å²) in [5.74, 6) is -5.39. The standard InChI is InChI=1S/C21H34N8O7/c1-10(2)17(29-18(32)12(22)3-5-15(23)30)20(34)28-14(7-11-8-25-9-26-11)19(33)27-13(21(35)36)4-6-16(24)31/h8-10,12-14,17H,3-7,22H2,1-2H3,(H2,23,30)(H2,24,31)(H,25,26)(H,27,33)(H,28,34)(H,29,32)(H,35,36). The van der Waals surface area contributed by atoms with Gasteiger partial charge in [-0.05, 0) is 18.8 Å². The van der Waals surface area contributed by atoms with Gasteiger partial charge in [0.15, 0.2) is 0 Å². The van der Waals surface area contributed by atoms with Crippen molar-refractivity contribution in [2.45, 2.75) is 70.1 Å². The number of imidazole rings is 1. The number of carbonyl (C=O) groups excluding carboxylic acids is 5. The highest BCUT2D eigenvalue weighted by molar-refractivity contribution is 5.94. The largest absolute Gasteiger partial charge is 0.480 e. The molecule has 4 unspecified atom stereocenters. The first-order valence-corrected chi connectivity index (χ1v) is 11.2. The van der Waals surface area contributed by atoms with E-state index in [-0.39, 0.29) is 32.1 Å². The van der Waals surface area contributed by atoms with Crippen LogP contribution in [0.25, 0.3) is 0 Å². The van der Waals surface area contributed by atoms with Gasteiger partial charge < -0.3 is 43.2 Å². The number of primary amides is 2. The summed E-state index contributed by atoms with van der Waals surface area (Å²) in [5, 5.41) is 16.7. The molecule has 1 heterocycles. The van der Waals surface area contributed by atoms with Crippen molar-refractivity contribution >= 4 is 35.5 Å². The molecule has 0 radical (unpaired) electrons. The van der Waals surface area contributed by atoms with Gasteiger partial charge in [0.25, 0.3) is 0 Å². The maximum atomic E-state index is 13.1. The van der Waals surface area contributed by atoms with Gasteiger partial charge in [0.1, 0.15) is 18.1 Å². The Balaban J connectivity index is 3.01. The van der Waals surface area contributed by atoms with Gasteiger partial charge in [0.05, 0.1) is 12.4 Å². The van der Waals surface area contributed by atoms with Crippen molar-refractivity contribution < 1.29 is 33.9 Å². The second kappa shape index (κ2) is 14.4. The number of carbonyl (C=O) groups is 6. The molecule has 15 nitrogen and oxygen atoms in total. The Morgan fingerprint density at radius 1 is 0.917 bits per heavy atom. The number of rotatable bonds is 16. The smallest absolute Gasteiger partial charge is 0.326 e. The molecule has 1 aromatic rings. The lowest BCUT2D eigenvalue weighted by molar-refractivity contribution is -0.142. The highest BCUT2D eigenvalue weighted by atomic mass is 16.4. The quantitative estimate of drug-likeness (QED) is 0.112. The molecular formula is C21H34N8O7. The molecule has 0 aliphatic heterocycles. The number of carboxylic acid groups (broad SMARTS) is 1. The van der Waals surface area contributed by atoms with Crippen molar-refractivity contribution in [2.75, 3.05) is 0 Å². The summed E-state index contributed by atoms with van der Waals surface area (Å²) >= 11 is 0. The lowest BCUT2D eigenvalue weighted by Gasteiger charge is -2.27. The first-order valence-electron chi connectivity index (χ1n) is 11.2. The molecule has 0 fully saturated rings. The number of aromatic nitrogens is 2. The van der Waals surface area contributed by atoms with Crippen LogP contribution in [-0.2, 0) is 35.2 Å². The topological polar surface area (TPSA) is 265 Å². The maximum Gasteiger partial charge on any atom is 0.326 e. The zero-order chi connectivity index (χ0) is 27.4. The van der Waals surface area contributed by atoms with Crippen molar-refractivity contribution in [3.63, 3.8) is 0 Å². The lowest BCUT2D eigenvalue weighted by atomic mass is 10.0. The van der Waals surface area contributed by atoms with Crippen molar-refractivity contribution in [3.8, 4) is 0 Å². The highest BCUT2D eigenvalue weighted by Crippen LogP contribution is 2.07. The highest BCUT2D eigenvalue weighted by Gasteiger charge is 2.32. The summed E-state index contributed by atoms with van der Waals surface area (Å²) in [4.78, 5) is 78.6. The molecule has 5 amide bonds. The van der Waals surface area contributed by atoms with Gasteiger partial charge in [-0.2, -0.15) is 0 Å². The molecule has 0 aliphatic carbocycles. The zero-order valence-corrected chi connectivity index (χ0v) is 20.2. The molecule has 0 bridgehead atoms. The van der Waals surface area contributed by atoms with Gasteiger partial charge in [0, 0.05) is 31.2 Å². The summed E-state index contributed by atoms with van der Waals surface area (Å²) in [6, 6.07) is -4.86. The average Bonchev–Trinajstić information content (AvgIpc) is 3.30. The Bertz CT molecular complexity index is 935. The Labute approximate surface area is 207 Å². The van der Waals surface area contributed by atoms with Gasteiger partial charge in [0.2, 0.25) is 29.5 Å². The third-order valence-corrected chi connectivity index (χ3v) is 5.19. The minimum atomic E-state index is -1.42. The second-order valence-corrected chi connectivity index (χ2v) is 8.59. The van der Waals surface area contributed by atoms with E-state index in [4.69, 9.17) is 17.2 Å². The van der Waals surface area contributed by atoms with Gasteiger partial charge >= 0.3 is 5.97 Å². The van der Waals surface area contributed by atoms with Crippen LogP contribution < -0.4 is 33.2 Å². The molecule has 0 spiro atoms. The maximum absolute atomic E-state index is 13.1. The van der Waals surface area contributed by atoms with E-state index in [1.165, 1.54) is 12.5 Å². The number of amides is 5. The average molecular weight is 511 g/mol. The molecule has 0 saturated carbocycles. The molecule has 36 heavy (non-hydrogen) atoms. The number of carboxylic acids is 1. The Morgan fingerprint density at radius 2 is 1.50 bits per heavy atom. The van der Waals surface area contributed by atoms with Crippen LogP contribution in [0.4, 0.5) is 0 Å². The fourth-order valence-electron chi connectivity index (χ4n) is 3.13. The fourth-order valence-corrected chi connectivity index (χ4v) is 3.13. The summed E-state index contributed by atoms with van der Waals surface area (Å²) < 4.78 is 0. The monoisotopic (exact) mass is 510 g/mol. The minimum absolute atomic E-state index is 0.0136. The lowest BCUT2D eigenvalue weighted by Crippen LogP contribution is -2.59. The number of nitrogens with zero attached hydrogens (tertiary/aromatic N) is 1. The Hall–Kier alpha value is -4.01. The van der Waals surface area contributed by atoms with Crippen LogP contribution >= 0.6 is 0 Å². The molecular weight excluding hydrogens is 476 g/mol. The number of nitrogens with two attached hydrogens (primary N) is 3. The molecule has 4 atom stereocenters. The van der Waals surface area contributed by atoms with E-state index >= 15 is 0 Å². The predicted octanol–water partition coefficient (Wildman–Crippen LogP) is -2.99. The van der Waals surface area contributed by atoms with Crippen LogP contribution in [-0.4, -0.2) is 74.7 Å². The second-order valence-electron chi connectivity index (χ2n) is 8.59. The number of hydrogen-bond acceptors (Lipinski definition) is 8. The van der Waals surface area contributed by atoms with Crippen LogP contribution in [0.2, 0.25) is 0 Å². The van der Waals surface area contributed by atoms with Crippen molar-refractivity contribution in [1.29, 1.82) is 0 Å². The molecule has 200 valence electrons. The van der Waals surface area contributed by atoms with Crippen LogP contribution in [0.5, 0.6) is 0 Å². The molecule has 0 aromatic carbocycles. The van der Waals surface area contributed by atoms with Gasteiger partial charge in [-0.25, -0.2) is 9.78 Å². The fraction of sp³-hybridized carbons (Fsp3) is 0.571. The molecule has 15 heteroatoms. The van der Waals surface area contributed by atoms with Crippen LogP contribution in [0.15, 0.2) is 12.5 Å². The predicted molar refractivity (Wildman–Crippen MR) is 125 cm³/mol. The summed E-state index contributed by atoms with van der Waals surface area (Å²) in [5.41, 5.74) is 16.4. The van der Waals surface area contributed by atoms with Crippen molar-refractivity contribution in [2.24, 2.45) is 23.1 Å².